The van der Waals surface area contributed by atoms with Crippen molar-refractivity contribution in [3.63, 3.8) is 0 Å². The molecule has 4 aliphatic rings. The Morgan fingerprint density at radius 3 is 2.31 bits per heavy atom. The Morgan fingerprint density at radius 2 is 1.67 bits per heavy atom. The molecule has 6 atom stereocenters. The number of H-pyrrole nitrogens is 1. The number of carbonyl (C=O) groups is 6. The average molecular weight is 681 g/mol. The molecule has 2 heterocycles. The normalized spacial score (nSPS) is 24.6. The largest absolute Gasteiger partial charge is 0.344 e. The van der Waals surface area contributed by atoms with Crippen LogP contribution in [0.1, 0.15) is 130 Å². The van der Waals surface area contributed by atoms with E-state index in [9.17, 15) is 28.8 Å². The van der Waals surface area contributed by atoms with E-state index >= 15 is 0 Å². The van der Waals surface area contributed by atoms with E-state index in [0.717, 1.165) is 64.2 Å². The maximum absolute atomic E-state index is 14.6. The minimum atomic E-state index is -0.916. The molecule has 1 aromatic rings. The van der Waals surface area contributed by atoms with Crippen LogP contribution in [0.25, 0.3) is 0 Å². The summed E-state index contributed by atoms with van der Waals surface area (Å²) in [5, 5.41) is 16.8. The molecular weight excluding hydrogens is 624 g/mol. The van der Waals surface area contributed by atoms with E-state index in [1.807, 2.05) is 27.7 Å². The van der Waals surface area contributed by atoms with Gasteiger partial charge in [0.15, 0.2) is 17.4 Å². The molecule has 5 rings (SSSR count). The highest BCUT2D eigenvalue weighted by Gasteiger charge is 2.52. The smallest absolute Gasteiger partial charge is 0.246 e. The third kappa shape index (κ3) is 9.28. The van der Waals surface area contributed by atoms with E-state index in [1.165, 1.54) is 0 Å². The number of nitrogens with zero attached hydrogens (tertiary/aromatic N) is 4. The van der Waals surface area contributed by atoms with Crippen LogP contribution in [0, 0.1) is 40.9 Å². The molecule has 12 heteroatoms. The van der Waals surface area contributed by atoms with Crippen molar-refractivity contribution in [2.24, 2.45) is 40.9 Å². The number of fused-ring (bicyclic) bond motifs is 1. The van der Waals surface area contributed by atoms with E-state index in [0.29, 0.717) is 25.3 Å². The minimum Gasteiger partial charge on any atom is -0.344 e. The van der Waals surface area contributed by atoms with Gasteiger partial charge in [-0.3, -0.25) is 28.8 Å². The van der Waals surface area contributed by atoms with Gasteiger partial charge in [0.2, 0.25) is 17.6 Å². The Hall–Kier alpha value is -3.31. The first kappa shape index (κ1) is 37.0. The van der Waals surface area contributed by atoms with Crippen LogP contribution >= 0.6 is 0 Å². The lowest BCUT2D eigenvalue weighted by molar-refractivity contribution is -0.146. The van der Waals surface area contributed by atoms with Crippen LogP contribution in [0.4, 0.5) is 0 Å². The number of ketones is 4. The molecule has 1 aliphatic heterocycles. The number of amides is 2. The van der Waals surface area contributed by atoms with Crippen LogP contribution in [0.2, 0.25) is 0 Å². The van der Waals surface area contributed by atoms with Gasteiger partial charge < -0.3 is 10.2 Å². The lowest BCUT2D eigenvalue weighted by Gasteiger charge is -2.38. The third-order valence-electron chi connectivity index (χ3n) is 11.6. The van der Waals surface area contributed by atoms with Gasteiger partial charge in [-0.25, -0.2) is 0 Å². The van der Waals surface area contributed by atoms with Crippen LogP contribution < -0.4 is 5.32 Å². The summed E-state index contributed by atoms with van der Waals surface area (Å²) in [5.74, 6) is -2.21. The second-order valence-corrected chi connectivity index (χ2v) is 16.4. The number of likely N-dealkylation sites (tertiary alicyclic amines) is 1. The van der Waals surface area contributed by atoms with E-state index in [2.05, 4.69) is 25.9 Å². The van der Waals surface area contributed by atoms with Crippen LogP contribution in [0.5, 0.6) is 0 Å². The summed E-state index contributed by atoms with van der Waals surface area (Å²) in [4.78, 5) is 83.9. The maximum Gasteiger partial charge on any atom is 0.246 e. The molecule has 0 spiro atoms. The van der Waals surface area contributed by atoms with Gasteiger partial charge in [0, 0.05) is 37.6 Å². The fraction of sp³-hybridized carbons (Fsp3) is 0.811. The third-order valence-corrected chi connectivity index (χ3v) is 11.6. The molecule has 0 aromatic carbocycles. The second-order valence-electron chi connectivity index (χ2n) is 16.4. The lowest BCUT2D eigenvalue weighted by atomic mass is 9.76. The van der Waals surface area contributed by atoms with E-state index < -0.39 is 35.1 Å². The SMILES string of the molecule is CCCC(CC(=O)[C@@H]1[C@H]2CCCC2CN1C(=O)[C@@H](NC(=O)[C@@H](CC(=O)Cc1nn[nH]n1)C1CCCCC1)C(C)(C)C)C(=O)C(=O)CC1CC1. The fourth-order valence-electron chi connectivity index (χ4n) is 8.72. The minimum absolute atomic E-state index is 0.00469. The molecule has 1 aromatic heterocycles. The van der Waals surface area contributed by atoms with Gasteiger partial charge in [-0.1, -0.05) is 65.0 Å². The van der Waals surface area contributed by atoms with Crippen LogP contribution in [0.15, 0.2) is 0 Å². The first-order valence-corrected chi connectivity index (χ1v) is 18.8. The van der Waals surface area contributed by atoms with Crippen LogP contribution in [-0.4, -0.2) is 79.1 Å². The molecule has 12 nitrogen and oxygen atoms in total. The van der Waals surface area contributed by atoms with Crippen molar-refractivity contribution in [3.8, 4) is 0 Å². The van der Waals surface area contributed by atoms with Crippen LogP contribution in [0.3, 0.4) is 0 Å². The van der Waals surface area contributed by atoms with Crippen molar-refractivity contribution >= 4 is 34.9 Å². The summed E-state index contributed by atoms with van der Waals surface area (Å²) in [6.45, 7) is 8.10. The molecule has 3 aliphatic carbocycles. The van der Waals surface area contributed by atoms with Crippen molar-refractivity contribution in [1.29, 1.82) is 0 Å². The molecule has 0 radical (unpaired) electrons. The zero-order chi connectivity index (χ0) is 35.3. The van der Waals surface area contributed by atoms with Crippen molar-refractivity contribution in [2.45, 2.75) is 143 Å². The van der Waals surface area contributed by atoms with Gasteiger partial charge in [0.1, 0.15) is 11.8 Å². The number of hydrogen-bond acceptors (Lipinski definition) is 9. The highest BCUT2D eigenvalue weighted by atomic mass is 16.2. The first-order chi connectivity index (χ1) is 23.4. The summed E-state index contributed by atoms with van der Waals surface area (Å²) in [6.07, 6.45) is 10.8. The molecular formula is C37H56N6O6. The average Bonchev–Trinajstić information content (AvgIpc) is 3.38. The zero-order valence-electron chi connectivity index (χ0n) is 29.9. The summed E-state index contributed by atoms with van der Waals surface area (Å²) in [7, 11) is 0. The first-order valence-electron chi connectivity index (χ1n) is 18.8. The Labute approximate surface area is 290 Å². The highest BCUT2D eigenvalue weighted by Crippen LogP contribution is 2.44. The number of aromatic nitrogens is 4. The highest BCUT2D eigenvalue weighted by molar-refractivity contribution is 6.38. The lowest BCUT2D eigenvalue weighted by Crippen LogP contribution is -2.58. The summed E-state index contributed by atoms with van der Waals surface area (Å²) < 4.78 is 0. The van der Waals surface area contributed by atoms with Gasteiger partial charge in [0.05, 0.1) is 12.5 Å². The van der Waals surface area contributed by atoms with Gasteiger partial charge in [0.25, 0.3) is 0 Å². The monoisotopic (exact) mass is 680 g/mol. The Morgan fingerprint density at radius 1 is 0.939 bits per heavy atom. The topological polar surface area (TPSA) is 172 Å². The van der Waals surface area contributed by atoms with Gasteiger partial charge in [-0.15, -0.1) is 10.2 Å². The molecule has 2 N–H and O–H groups in total. The fourth-order valence-corrected chi connectivity index (χ4v) is 8.72. The molecule has 1 saturated heterocycles. The summed E-state index contributed by atoms with van der Waals surface area (Å²) in [6, 6.07) is -1.60. The zero-order valence-corrected chi connectivity index (χ0v) is 29.9. The van der Waals surface area contributed by atoms with E-state index in [1.54, 1.807) is 4.90 Å². The molecule has 4 fully saturated rings. The molecule has 49 heavy (non-hydrogen) atoms. The number of rotatable bonds is 17. The van der Waals surface area contributed by atoms with Crippen molar-refractivity contribution in [2.75, 3.05) is 6.54 Å². The second kappa shape index (κ2) is 16.1. The molecule has 3 saturated carbocycles. The number of Topliss-reactive ketones (excluding diaryl/α,β-unsaturated/α-hetero) is 4. The van der Waals surface area contributed by atoms with Gasteiger partial charge >= 0.3 is 0 Å². The van der Waals surface area contributed by atoms with E-state index in [-0.39, 0.29) is 78.4 Å². The molecule has 2 amide bonds. The Balaban J connectivity index is 1.34. The quantitative estimate of drug-likeness (QED) is 0.227. The number of hydrogen-bond donors (Lipinski definition) is 2. The number of carbonyl (C=O) groups excluding carboxylic acids is 6. The Bertz CT molecular complexity index is 1360. The Kier molecular flexibility index (Phi) is 12.2. The molecule has 270 valence electrons. The summed E-state index contributed by atoms with van der Waals surface area (Å²) in [5.41, 5.74) is -0.681. The van der Waals surface area contributed by atoms with Crippen molar-refractivity contribution < 1.29 is 28.8 Å². The summed E-state index contributed by atoms with van der Waals surface area (Å²) >= 11 is 0. The maximum atomic E-state index is 14.6. The van der Waals surface area contributed by atoms with Crippen molar-refractivity contribution in [1.82, 2.24) is 30.8 Å². The van der Waals surface area contributed by atoms with Crippen molar-refractivity contribution in [3.05, 3.63) is 5.82 Å². The standard InChI is InChI=1S/C37H56N6O6/c1-5-10-24(33(47)30(46)17-22-15-16-22)18-29(45)32-27-14-9-13-25(27)21-43(32)36(49)34(37(2,3)4)38-35(48)28(23-11-7-6-8-12-23)19-26(44)20-31-39-41-42-40-31/h22-25,27-28,32,34H,5-21H2,1-4H3,(H,38,48)(H,39,40,41,42)/t24?,25?,27-,28-,32-,34+/m0/s1. The number of nitrogens with one attached hydrogen (secondary N) is 2. The predicted molar refractivity (Wildman–Crippen MR) is 181 cm³/mol. The molecule has 0 bridgehead atoms. The van der Waals surface area contributed by atoms with Gasteiger partial charge in [-0.05, 0) is 74.0 Å². The molecule has 2 unspecified atom stereocenters. The number of tetrazole rings is 1. The van der Waals surface area contributed by atoms with E-state index in [4.69, 9.17) is 0 Å². The van der Waals surface area contributed by atoms with Crippen LogP contribution in [-0.2, 0) is 35.2 Å². The predicted octanol–water partition coefficient (Wildman–Crippen LogP) is 4.37. The number of aromatic amines is 1. The van der Waals surface area contributed by atoms with Gasteiger partial charge in [-0.2, -0.15) is 5.21 Å².